The Hall–Kier alpha value is 0.0600. The lowest BCUT2D eigenvalue weighted by Gasteiger charge is -2.10. The fourth-order valence-corrected chi connectivity index (χ4v) is 1.73. The van der Waals surface area contributed by atoms with E-state index >= 15 is 0 Å². The van der Waals surface area contributed by atoms with Gasteiger partial charge < -0.3 is 4.90 Å². The van der Waals surface area contributed by atoms with E-state index in [-0.39, 0.29) is 5.91 Å². The molecule has 22 heavy (non-hydrogen) atoms. The van der Waals surface area contributed by atoms with Gasteiger partial charge in [-0.05, 0) is 12.1 Å². The first-order chi connectivity index (χ1) is 10.2. The van der Waals surface area contributed by atoms with Crippen molar-refractivity contribution in [3.63, 3.8) is 0 Å². The molecule has 130 valence electrons. The maximum absolute atomic E-state index is 11.5. The van der Waals surface area contributed by atoms with Gasteiger partial charge in [0, 0.05) is 72.3 Å². The van der Waals surface area contributed by atoms with Gasteiger partial charge in [0.1, 0.15) is 0 Å². The molecule has 0 atom stereocenters. The highest BCUT2D eigenvalue weighted by Crippen LogP contribution is 2.10. The topological polar surface area (TPSA) is 57.7 Å². The number of hydrogen-bond acceptors (Lipinski definition) is 3. The van der Waals surface area contributed by atoms with Crippen molar-refractivity contribution in [3.8, 4) is 0 Å². The molecule has 0 aliphatic heterocycles. The summed E-state index contributed by atoms with van der Waals surface area (Å²) in [6, 6.07) is 8.35. The standard InChI is InChI=1S/C8H11NO2S.C4H9NO.C2H6.I2/c1-9(2)12(10,11)8-6-4-3-5-7-8;1-4(6)5(2)3;2*1-2/h3-7H,1-2H3;1-3H3;1-2H3;. The van der Waals surface area contributed by atoms with Crippen LogP contribution in [0, 0.1) is 0 Å². The second-order valence-corrected chi connectivity index (χ2v) is 6.17. The summed E-state index contributed by atoms with van der Waals surface area (Å²) >= 11 is 4.24. The molecule has 0 aliphatic carbocycles. The molecule has 1 rings (SSSR count). The van der Waals surface area contributed by atoms with E-state index in [4.69, 9.17) is 0 Å². The second-order valence-electron chi connectivity index (χ2n) is 4.01. The van der Waals surface area contributed by atoms with Crippen LogP contribution in [0.4, 0.5) is 0 Å². The van der Waals surface area contributed by atoms with Gasteiger partial charge in [-0.3, -0.25) is 4.79 Å². The molecule has 0 saturated heterocycles. The van der Waals surface area contributed by atoms with Crippen molar-refractivity contribution in [1.82, 2.24) is 9.21 Å². The van der Waals surface area contributed by atoms with Crippen LogP contribution in [-0.2, 0) is 14.8 Å². The number of hydrogen-bond donors (Lipinski definition) is 0. The van der Waals surface area contributed by atoms with Crippen LogP contribution in [0.5, 0.6) is 0 Å². The highest BCUT2D eigenvalue weighted by Gasteiger charge is 2.15. The van der Waals surface area contributed by atoms with Gasteiger partial charge in [-0.25, -0.2) is 12.7 Å². The largest absolute Gasteiger partial charge is 0.349 e. The Bertz CT molecular complexity index is 478. The maximum Gasteiger partial charge on any atom is 0.242 e. The summed E-state index contributed by atoms with van der Waals surface area (Å²) in [6.45, 7) is 5.53. The van der Waals surface area contributed by atoms with Gasteiger partial charge in [-0.2, -0.15) is 0 Å². The van der Waals surface area contributed by atoms with Crippen LogP contribution in [0.25, 0.3) is 0 Å². The molecule has 1 aromatic rings. The Morgan fingerprint density at radius 1 is 0.955 bits per heavy atom. The number of sulfonamides is 1. The molecule has 5 nitrogen and oxygen atoms in total. The Labute approximate surface area is 158 Å². The third kappa shape index (κ3) is 12.6. The first-order valence-corrected chi connectivity index (χ1v) is 14.2. The van der Waals surface area contributed by atoms with Crippen LogP contribution >= 0.6 is 37.2 Å². The normalized spacial score (nSPS) is 9.18. The van der Waals surface area contributed by atoms with Gasteiger partial charge >= 0.3 is 0 Å². The van der Waals surface area contributed by atoms with E-state index < -0.39 is 10.0 Å². The summed E-state index contributed by atoms with van der Waals surface area (Å²) in [5.41, 5.74) is 0. The smallest absolute Gasteiger partial charge is 0.242 e. The molecular formula is C14H26I2N2O3S. The lowest BCUT2D eigenvalue weighted by Crippen LogP contribution is -2.21. The van der Waals surface area contributed by atoms with Crippen molar-refractivity contribution < 1.29 is 13.2 Å². The van der Waals surface area contributed by atoms with E-state index in [1.54, 1.807) is 44.4 Å². The predicted molar refractivity (Wildman–Crippen MR) is 111 cm³/mol. The van der Waals surface area contributed by atoms with Gasteiger partial charge in [0.2, 0.25) is 15.9 Å². The van der Waals surface area contributed by atoms with Gasteiger partial charge in [-0.1, -0.05) is 32.0 Å². The Morgan fingerprint density at radius 2 is 1.27 bits per heavy atom. The molecule has 0 aliphatic rings. The Kier molecular flexibility index (Phi) is 19.5. The van der Waals surface area contributed by atoms with Crippen molar-refractivity contribution in [1.29, 1.82) is 0 Å². The zero-order chi connectivity index (χ0) is 18.3. The molecule has 0 N–H and O–H groups in total. The predicted octanol–water partition coefficient (Wildman–Crippen LogP) is 3.83. The molecule has 0 unspecified atom stereocenters. The minimum Gasteiger partial charge on any atom is -0.349 e. The summed E-state index contributed by atoms with van der Waals surface area (Å²) in [5, 5.41) is 0. The molecule has 8 heteroatoms. The highest BCUT2D eigenvalue weighted by molar-refractivity contribution is 15.0. The van der Waals surface area contributed by atoms with E-state index in [9.17, 15) is 13.2 Å². The zero-order valence-electron chi connectivity index (χ0n) is 14.2. The van der Waals surface area contributed by atoms with Crippen molar-refractivity contribution in [2.45, 2.75) is 25.7 Å². The summed E-state index contributed by atoms with van der Waals surface area (Å²) < 4.78 is 24.1. The van der Waals surface area contributed by atoms with E-state index in [0.29, 0.717) is 4.90 Å². The minimum absolute atomic E-state index is 0.0926. The third-order valence-corrected chi connectivity index (χ3v) is 3.98. The molecule has 1 aromatic carbocycles. The number of carbonyl (C=O) groups excluding carboxylic acids is 1. The molecule has 1 amide bonds. The van der Waals surface area contributed by atoms with E-state index in [0.717, 1.165) is 0 Å². The Morgan fingerprint density at radius 3 is 1.50 bits per heavy atom. The monoisotopic (exact) mass is 556 g/mol. The molecular weight excluding hydrogens is 530 g/mol. The first kappa shape index (κ1) is 26.9. The number of rotatable bonds is 2. The van der Waals surface area contributed by atoms with Crippen molar-refractivity contribution in [3.05, 3.63) is 30.3 Å². The molecule has 0 fully saturated rings. The van der Waals surface area contributed by atoms with Crippen molar-refractivity contribution in [2.75, 3.05) is 28.2 Å². The van der Waals surface area contributed by atoms with Crippen molar-refractivity contribution >= 4 is 53.2 Å². The van der Waals surface area contributed by atoms with Gasteiger partial charge in [-0.15, -0.1) is 0 Å². The Balaban J connectivity index is -0.000000306. The average Bonchev–Trinajstić information content (AvgIpc) is 2.52. The molecule has 0 aromatic heterocycles. The van der Waals surface area contributed by atoms with Crippen LogP contribution in [-0.4, -0.2) is 51.7 Å². The van der Waals surface area contributed by atoms with E-state index in [1.807, 2.05) is 13.8 Å². The van der Waals surface area contributed by atoms with Crippen LogP contribution in [0.2, 0.25) is 0 Å². The quantitative estimate of drug-likeness (QED) is 0.521. The van der Waals surface area contributed by atoms with E-state index in [2.05, 4.69) is 37.2 Å². The molecule has 0 radical (unpaired) electrons. The van der Waals surface area contributed by atoms with Gasteiger partial charge in [0.05, 0.1) is 4.90 Å². The highest BCUT2D eigenvalue weighted by atomic mass is 128. The summed E-state index contributed by atoms with van der Waals surface area (Å²) in [6.07, 6.45) is 0. The molecule has 0 heterocycles. The first-order valence-electron chi connectivity index (χ1n) is 6.49. The molecule has 0 saturated carbocycles. The summed E-state index contributed by atoms with van der Waals surface area (Å²) in [7, 11) is 3.24. The average molecular weight is 556 g/mol. The van der Waals surface area contributed by atoms with Gasteiger partial charge in [0.15, 0.2) is 0 Å². The van der Waals surface area contributed by atoms with Crippen molar-refractivity contribution in [2.24, 2.45) is 0 Å². The van der Waals surface area contributed by atoms with Crippen LogP contribution < -0.4 is 0 Å². The zero-order valence-corrected chi connectivity index (χ0v) is 19.3. The third-order valence-electron chi connectivity index (χ3n) is 2.15. The fourth-order valence-electron chi connectivity index (χ4n) is 0.803. The molecule has 0 spiro atoms. The number of carbonyl (C=O) groups is 1. The van der Waals surface area contributed by atoms with Crippen LogP contribution in [0.1, 0.15) is 20.8 Å². The summed E-state index contributed by atoms with van der Waals surface area (Å²) in [4.78, 5) is 11.9. The van der Waals surface area contributed by atoms with E-state index in [1.165, 1.54) is 30.2 Å². The van der Waals surface area contributed by atoms with Crippen LogP contribution in [0.15, 0.2) is 35.2 Å². The number of halogens is 2. The lowest BCUT2D eigenvalue weighted by atomic mass is 10.4. The van der Waals surface area contributed by atoms with Gasteiger partial charge in [0.25, 0.3) is 0 Å². The number of benzene rings is 1. The summed E-state index contributed by atoms with van der Waals surface area (Å²) in [5.74, 6) is 0.0926. The fraction of sp³-hybridized carbons (Fsp3) is 0.500. The minimum atomic E-state index is -3.24. The second kappa shape index (κ2) is 15.9. The number of nitrogens with zero attached hydrogens (tertiary/aromatic N) is 2. The SMILES string of the molecule is CC.CC(=O)N(C)C.CN(C)S(=O)(=O)c1ccccc1.II. The number of amides is 1. The van der Waals surface area contributed by atoms with Crippen LogP contribution in [0.3, 0.4) is 0 Å². The maximum atomic E-state index is 11.5. The molecule has 0 bridgehead atoms. The lowest BCUT2D eigenvalue weighted by molar-refractivity contribution is -0.126.